The summed E-state index contributed by atoms with van der Waals surface area (Å²) in [4.78, 5) is 24.3. The normalized spacial score (nSPS) is 19.3. The molecule has 0 amide bonds. The van der Waals surface area contributed by atoms with E-state index in [1.165, 1.54) is 0 Å². The van der Waals surface area contributed by atoms with Crippen LogP contribution in [0, 0.1) is 12.8 Å². The second kappa shape index (κ2) is 4.34. The van der Waals surface area contributed by atoms with Crippen LogP contribution in [0.1, 0.15) is 35.2 Å². The Bertz CT molecular complexity index is 681. The van der Waals surface area contributed by atoms with Gasteiger partial charge in [-0.15, -0.1) is 0 Å². The summed E-state index contributed by atoms with van der Waals surface area (Å²) >= 11 is 0. The Labute approximate surface area is 112 Å². The highest BCUT2D eigenvalue weighted by atomic mass is 16.2. The van der Waals surface area contributed by atoms with Crippen molar-refractivity contribution in [2.75, 3.05) is 0 Å². The molecule has 1 unspecified atom stereocenters. The van der Waals surface area contributed by atoms with Crippen LogP contribution in [0.15, 0.2) is 24.4 Å². The molecule has 0 spiro atoms. The summed E-state index contributed by atoms with van der Waals surface area (Å²) in [5.74, 6) is -0.306. The smallest absolute Gasteiger partial charge is 0.175 e. The quantitative estimate of drug-likeness (QED) is 0.611. The maximum absolute atomic E-state index is 12.6. The van der Waals surface area contributed by atoms with Gasteiger partial charge in [0.15, 0.2) is 5.78 Å². The number of hydrogen-bond acceptors (Lipinski definition) is 2. The van der Waals surface area contributed by atoms with Crippen molar-refractivity contribution in [3.8, 4) is 0 Å². The summed E-state index contributed by atoms with van der Waals surface area (Å²) in [5, 5.41) is 0.965. The van der Waals surface area contributed by atoms with Crippen molar-refractivity contribution in [3.63, 3.8) is 0 Å². The number of carbonyl (C=O) groups excluding carboxylic acids is 2. The van der Waals surface area contributed by atoms with Crippen LogP contribution in [0.3, 0.4) is 0 Å². The van der Waals surface area contributed by atoms with Crippen LogP contribution in [0.25, 0.3) is 10.9 Å². The third-order valence-corrected chi connectivity index (χ3v) is 4.09. The number of Topliss-reactive ketones (excluding diaryl/α,β-unsaturated/α-hetero) is 2. The van der Waals surface area contributed by atoms with Crippen LogP contribution >= 0.6 is 0 Å². The summed E-state index contributed by atoms with van der Waals surface area (Å²) < 4.78 is 1.98. The molecular formula is C16H17NO2. The highest BCUT2D eigenvalue weighted by Crippen LogP contribution is 2.30. The topological polar surface area (TPSA) is 39.1 Å². The summed E-state index contributed by atoms with van der Waals surface area (Å²) in [6.45, 7) is 2.04. The maximum atomic E-state index is 12.6. The SMILES string of the molecule is Cc1cccc2c(C(=O)C3CCCC3=O)cn(C)c12. The zero-order valence-electron chi connectivity index (χ0n) is 11.3. The number of carbonyl (C=O) groups is 2. The number of hydrogen-bond donors (Lipinski definition) is 0. The van der Waals surface area contributed by atoms with Crippen molar-refractivity contribution in [2.24, 2.45) is 13.0 Å². The fourth-order valence-corrected chi connectivity index (χ4v) is 3.15. The van der Waals surface area contributed by atoms with Gasteiger partial charge in [-0.3, -0.25) is 9.59 Å². The number of benzene rings is 1. The van der Waals surface area contributed by atoms with Gasteiger partial charge >= 0.3 is 0 Å². The number of aryl methyl sites for hydroxylation is 2. The predicted octanol–water partition coefficient (Wildman–Crippen LogP) is 3.04. The molecule has 0 aliphatic heterocycles. The molecule has 3 rings (SSSR count). The Morgan fingerprint density at radius 1 is 1.37 bits per heavy atom. The Kier molecular flexibility index (Phi) is 2.77. The van der Waals surface area contributed by atoms with Gasteiger partial charge in [0, 0.05) is 30.6 Å². The van der Waals surface area contributed by atoms with Crippen molar-refractivity contribution in [3.05, 3.63) is 35.5 Å². The van der Waals surface area contributed by atoms with E-state index in [1.54, 1.807) is 0 Å². The lowest BCUT2D eigenvalue weighted by Gasteiger charge is -2.05. The van der Waals surface area contributed by atoms with Crippen LogP contribution in [0.5, 0.6) is 0 Å². The number of fused-ring (bicyclic) bond motifs is 1. The Morgan fingerprint density at radius 2 is 2.16 bits per heavy atom. The van der Waals surface area contributed by atoms with Crippen LogP contribution in [0.4, 0.5) is 0 Å². The zero-order valence-corrected chi connectivity index (χ0v) is 11.3. The van der Waals surface area contributed by atoms with E-state index in [-0.39, 0.29) is 11.6 Å². The van der Waals surface area contributed by atoms with E-state index in [4.69, 9.17) is 0 Å². The molecular weight excluding hydrogens is 238 g/mol. The molecule has 3 heteroatoms. The monoisotopic (exact) mass is 255 g/mol. The first-order valence-corrected chi connectivity index (χ1v) is 6.71. The van der Waals surface area contributed by atoms with Gasteiger partial charge in [0.2, 0.25) is 0 Å². The first-order valence-electron chi connectivity index (χ1n) is 6.71. The highest BCUT2D eigenvalue weighted by molar-refractivity contribution is 6.17. The molecule has 1 aliphatic rings. The molecule has 0 saturated heterocycles. The van der Waals surface area contributed by atoms with Crippen LogP contribution < -0.4 is 0 Å². The minimum Gasteiger partial charge on any atom is -0.350 e. The minimum absolute atomic E-state index is 0.00120. The Hall–Kier alpha value is -1.90. The fourth-order valence-electron chi connectivity index (χ4n) is 3.15. The third kappa shape index (κ3) is 1.81. The highest BCUT2D eigenvalue weighted by Gasteiger charge is 2.32. The number of nitrogens with zero attached hydrogens (tertiary/aromatic N) is 1. The lowest BCUT2D eigenvalue weighted by molar-refractivity contribution is -0.119. The summed E-state index contributed by atoms with van der Waals surface area (Å²) in [6.07, 6.45) is 3.98. The Morgan fingerprint density at radius 3 is 2.84 bits per heavy atom. The van der Waals surface area contributed by atoms with Crippen molar-refractivity contribution >= 4 is 22.5 Å². The van der Waals surface area contributed by atoms with Gasteiger partial charge in [0.1, 0.15) is 5.78 Å². The average Bonchev–Trinajstić information content (AvgIpc) is 2.94. The molecule has 0 bridgehead atoms. The van der Waals surface area contributed by atoms with E-state index in [1.807, 2.05) is 42.9 Å². The van der Waals surface area contributed by atoms with Crippen molar-refractivity contribution in [1.82, 2.24) is 4.57 Å². The van der Waals surface area contributed by atoms with Crippen molar-refractivity contribution in [2.45, 2.75) is 26.2 Å². The van der Waals surface area contributed by atoms with Gasteiger partial charge in [0.25, 0.3) is 0 Å². The molecule has 0 N–H and O–H groups in total. The van der Waals surface area contributed by atoms with E-state index < -0.39 is 5.92 Å². The number of para-hydroxylation sites is 1. The van der Waals surface area contributed by atoms with E-state index in [0.29, 0.717) is 18.4 Å². The van der Waals surface area contributed by atoms with Crippen molar-refractivity contribution < 1.29 is 9.59 Å². The lowest BCUT2D eigenvalue weighted by Crippen LogP contribution is -2.18. The molecule has 2 aromatic rings. The summed E-state index contributed by atoms with van der Waals surface area (Å²) in [5.41, 5.74) is 2.93. The predicted molar refractivity (Wildman–Crippen MR) is 74.3 cm³/mol. The average molecular weight is 255 g/mol. The summed E-state index contributed by atoms with van der Waals surface area (Å²) in [7, 11) is 1.95. The lowest BCUT2D eigenvalue weighted by atomic mass is 9.95. The van der Waals surface area contributed by atoms with E-state index in [0.717, 1.165) is 22.9 Å². The van der Waals surface area contributed by atoms with Gasteiger partial charge in [-0.05, 0) is 25.3 Å². The second-order valence-corrected chi connectivity index (χ2v) is 5.40. The molecule has 1 atom stereocenters. The van der Waals surface area contributed by atoms with E-state index in [2.05, 4.69) is 0 Å². The molecule has 98 valence electrons. The van der Waals surface area contributed by atoms with Gasteiger partial charge in [-0.1, -0.05) is 18.2 Å². The van der Waals surface area contributed by atoms with E-state index in [9.17, 15) is 9.59 Å². The minimum atomic E-state index is -0.411. The van der Waals surface area contributed by atoms with Crippen LogP contribution in [-0.2, 0) is 11.8 Å². The Balaban J connectivity index is 2.13. The first-order chi connectivity index (χ1) is 9.09. The van der Waals surface area contributed by atoms with Gasteiger partial charge in [-0.25, -0.2) is 0 Å². The molecule has 0 radical (unpaired) electrons. The van der Waals surface area contributed by atoms with Gasteiger partial charge in [0.05, 0.1) is 11.4 Å². The number of ketones is 2. The van der Waals surface area contributed by atoms with E-state index >= 15 is 0 Å². The van der Waals surface area contributed by atoms with Crippen LogP contribution in [0.2, 0.25) is 0 Å². The third-order valence-electron chi connectivity index (χ3n) is 4.09. The zero-order chi connectivity index (χ0) is 13.6. The molecule has 1 heterocycles. The molecule has 3 nitrogen and oxygen atoms in total. The first kappa shape index (κ1) is 12.2. The molecule has 1 aromatic heterocycles. The second-order valence-electron chi connectivity index (χ2n) is 5.40. The summed E-state index contributed by atoms with van der Waals surface area (Å²) in [6, 6.07) is 5.97. The standard InChI is InChI=1S/C16H17NO2/c1-10-5-3-6-11-13(9-17(2)15(10)11)16(19)12-7-4-8-14(12)18/h3,5-6,9,12H,4,7-8H2,1-2H3. The molecule has 1 aromatic carbocycles. The molecule has 19 heavy (non-hydrogen) atoms. The van der Waals surface area contributed by atoms with Crippen LogP contribution in [-0.4, -0.2) is 16.1 Å². The van der Waals surface area contributed by atoms with Gasteiger partial charge in [-0.2, -0.15) is 0 Å². The molecule has 1 aliphatic carbocycles. The maximum Gasteiger partial charge on any atom is 0.175 e. The largest absolute Gasteiger partial charge is 0.350 e. The van der Waals surface area contributed by atoms with Crippen molar-refractivity contribution in [1.29, 1.82) is 0 Å². The van der Waals surface area contributed by atoms with Gasteiger partial charge < -0.3 is 4.57 Å². The molecule has 1 fully saturated rings. The number of rotatable bonds is 2. The fraction of sp³-hybridized carbons (Fsp3) is 0.375. The molecule has 1 saturated carbocycles. The number of aromatic nitrogens is 1.